The summed E-state index contributed by atoms with van der Waals surface area (Å²) in [7, 11) is 0. The predicted molar refractivity (Wildman–Crippen MR) is 115 cm³/mol. The van der Waals surface area contributed by atoms with E-state index in [1.54, 1.807) is 35.4 Å². The van der Waals surface area contributed by atoms with Crippen LogP contribution in [0.15, 0.2) is 72.9 Å². The summed E-state index contributed by atoms with van der Waals surface area (Å²) in [5.74, 6) is 0.427. The van der Waals surface area contributed by atoms with Gasteiger partial charge in [0.1, 0.15) is 5.82 Å². The van der Waals surface area contributed by atoms with Gasteiger partial charge < -0.3 is 15.5 Å². The van der Waals surface area contributed by atoms with E-state index in [1.165, 1.54) is 6.92 Å². The van der Waals surface area contributed by atoms with E-state index in [-0.39, 0.29) is 11.8 Å². The lowest BCUT2D eigenvalue weighted by molar-refractivity contribution is -0.114. The van der Waals surface area contributed by atoms with Gasteiger partial charge in [-0.2, -0.15) is 0 Å². The molecule has 148 valence electrons. The van der Waals surface area contributed by atoms with E-state index >= 15 is 0 Å². The Morgan fingerprint density at radius 2 is 1.66 bits per heavy atom. The Kier molecular flexibility index (Phi) is 6.58. The number of hydrogen-bond acceptors (Lipinski definition) is 4. The highest BCUT2D eigenvalue weighted by Crippen LogP contribution is 2.19. The fourth-order valence-electron chi connectivity index (χ4n) is 2.93. The van der Waals surface area contributed by atoms with Gasteiger partial charge in [0.2, 0.25) is 5.91 Å². The molecule has 0 saturated carbocycles. The molecule has 0 bridgehead atoms. The van der Waals surface area contributed by atoms with Gasteiger partial charge in [0.15, 0.2) is 0 Å². The van der Waals surface area contributed by atoms with Crippen LogP contribution in [0.3, 0.4) is 0 Å². The molecule has 1 heterocycles. The third-order valence-corrected chi connectivity index (χ3v) is 4.37. The topological polar surface area (TPSA) is 74.3 Å². The van der Waals surface area contributed by atoms with Crippen LogP contribution in [0.5, 0.6) is 0 Å². The van der Waals surface area contributed by atoms with E-state index in [4.69, 9.17) is 0 Å². The Hall–Kier alpha value is -3.67. The fraction of sp³-hybridized carbons (Fsp3) is 0.174. The first-order chi connectivity index (χ1) is 14.0. The molecule has 0 radical (unpaired) electrons. The Morgan fingerprint density at radius 1 is 0.966 bits per heavy atom. The monoisotopic (exact) mass is 388 g/mol. The number of benzene rings is 2. The van der Waals surface area contributed by atoms with E-state index in [1.807, 2.05) is 49.4 Å². The van der Waals surface area contributed by atoms with Crippen molar-refractivity contribution in [3.63, 3.8) is 0 Å². The van der Waals surface area contributed by atoms with Crippen LogP contribution in [0.25, 0.3) is 0 Å². The average molecular weight is 388 g/mol. The quantitative estimate of drug-likeness (QED) is 0.627. The van der Waals surface area contributed by atoms with Crippen LogP contribution in [0.4, 0.5) is 17.2 Å². The van der Waals surface area contributed by atoms with Crippen molar-refractivity contribution in [2.75, 3.05) is 17.2 Å². The highest BCUT2D eigenvalue weighted by atomic mass is 16.2. The second-order valence-electron chi connectivity index (χ2n) is 6.62. The molecule has 2 amide bonds. The molecule has 1 aromatic heterocycles. The number of rotatable bonds is 7. The van der Waals surface area contributed by atoms with Gasteiger partial charge in [0.25, 0.3) is 5.91 Å². The molecule has 0 aliphatic heterocycles. The molecule has 6 nitrogen and oxygen atoms in total. The highest BCUT2D eigenvalue weighted by molar-refractivity contribution is 5.95. The molecule has 6 heteroatoms. The van der Waals surface area contributed by atoms with Crippen LogP contribution < -0.4 is 10.6 Å². The molecule has 3 aromatic rings. The minimum atomic E-state index is -0.116. The zero-order valence-corrected chi connectivity index (χ0v) is 16.6. The highest BCUT2D eigenvalue weighted by Gasteiger charge is 2.15. The lowest BCUT2D eigenvalue weighted by Crippen LogP contribution is -2.30. The third-order valence-electron chi connectivity index (χ3n) is 4.37. The Balaban J connectivity index is 1.71. The molecule has 0 unspecified atom stereocenters. The van der Waals surface area contributed by atoms with Crippen LogP contribution in [-0.4, -0.2) is 28.2 Å². The smallest absolute Gasteiger partial charge is 0.254 e. The fourth-order valence-corrected chi connectivity index (χ4v) is 2.93. The van der Waals surface area contributed by atoms with Crippen molar-refractivity contribution in [3.05, 3.63) is 84.1 Å². The number of anilines is 3. The van der Waals surface area contributed by atoms with Gasteiger partial charge in [0, 0.05) is 43.1 Å². The summed E-state index contributed by atoms with van der Waals surface area (Å²) in [5.41, 5.74) is 3.21. The van der Waals surface area contributed by atoms with Gasteiger partial charge >= 0.3 is 0 Å². The molecule has 0 aliphatic carbocycles. The maximum absolute atomic E-state index is 13.0. The maximum atomic E-state index is 13.0. The van der Waals surface area contributed by atoms with Crippen molar-refractivity contribution in [2.24, 2.45) is 0 Å². The normalized spacial score (nSPS) is 10.3. The molecule has 0 fully saturated rings. The maximum Gasteiger partial charge on any atom is 0.254 e. The van der Waals surface area contributed by atoms with E-state index < -0.39 is 0 Å². The number of amides is 2. The van der Waals surface area contributed by atoms with Gasteiger partial charge in [0.05, 0.1) is 0 Å². The summed E-state index contributed by atoms with van der Waals surface area (Å²) in [6.07, 6.45) is 1.62. The number of carbonyl (C=O) groups excluding carboxylic acids is 2. The number of aromatic nitrogens is 1. The zero-order chi connectivity index (χ0) is 20.6. The van der Waals surface area contributed by atoms with E-state index in [0.29, 0.717) is 24.5 Å². The number of nitrogens with one attached hydrogen (secondary N) is 2. The van der Waals surface area contributed by atoms with Crippen LogP contribution in [-0.2, 0) is 11.3 Å². The van der Waals surface area contributed by atoms with Gasteiger partial charge in [-0.05, 0) is 48.9 Å². The second-order valence-corrected chi connectivity index (χ2v) is 6.62. The molecule has 0 spiro atoms. The molecule has 3 rings (SSSR count). The van der Waals surface area contributed by atoms with Crippen molar-refractivity contribution < 1.29 is 9.59 Å². The summed E-state index contributed by atoms with van der Waals surface area (Å²) < 4.78 is 0. The summed E-state index contributed by atoms with van der Waals surface area (Å²) >= 11 is 0. The number of carbonyl (C=O) groups is 2. The van der Waals surface area contributed by atoms with Crippen LogP contribution in [0.1, 0.15) is 29.8 Å². The molecular formula is C23H24N4O2. The second kappa shape index (κ2) is 9.50. The van der Waals surface area contributed by atoms with Gasteiger partial charge in [-0.3, -0.25) is 9.59 Å². The first kappa shape index (κ1) is 20.1. The first-order valence-electron chi connectivity index (χ1n) is 9.49. The molecule has 0 aliphatic rings. The molecule has 29 heavy (non-hydrogen) atoms. The van der Waals surface area contributed by atoms with Crippen molar-refractivity contribution in [1.29, 1.82) is 0 Å². The number of hydrogen-bond donors (Lipinski definition) is 2. The van der Waals surface area contributed by atoms with Crippen molar-refractivity contribution in [2.45, 2.75) is 20.4 Å². The minimum Gasteiger partial charge on any atom is -0.340 e. The minimum absolute atomic E-state index is 0.0391. The van der Waals surface area contributed by atoms with Gasteiger partial charge in [-0.1, -0.05) is 30.3 Å². The van der Waals surface area contributed by atoms with Crippen LogP contribution >= 0.6 is 0 Å². The Morgan fingerprint density at radius 3 is 2.31 bits per heavy atom. The van der Waals surface area contributed by atoms with E-state index in [9.17, 15) is 9.59 Å². The van der Waals surface area contributed by atoms with Crippen molar-refractivity contribution >= 4 is 29.0 Å². The average Bonchev–Trinajstić information content (AvgIpc) is 2.73. The largest absolute Gasteiger partial charge is 0.340 e. The van der Waals surface area contributed by atoms with Crippen LogP contribution in [0, 0.1) is 0 Å². The molecular weight excluding hydrogens is 364 g/mol. The molecule has 2 aromatic carbocycles. The summed E-state index contributed by atoms with van der Waals surface area (Å²) in [6, 6.07) is 20.7. The summed E-state index contributed by atoms with van der Waals surface area (Å²) in [4.78, 5) is 30.2. The van der Waals surface area contributed by atoms with Gasteiger partial charge in [-0.25, -0.2) is 4.98 Å². The van der Waals surface area contributed by atoms with Crippen LogP contribution in [0.2, 0.25) is 0 Å². The molecule has 2 N–H and O–H groups in total. The molecule has 0 atom stereocenters. The number of nitrogens with zero attached hydrogens (tertiary/aromatic N) is 2. The lowest BCUT2D eigenvalue weighted by Gasteiger charge is -2.21. The zero-order valence-electron chi connectivity index (χ0n) is 16.6. The Bertz CT molecular complexity index is 972. The van der Waals surface area contributed by atoms with Gasteiger partial charge in [-0.15, -0.1) is 0 Å². The number of pyridine rings is 1. The Labute approximate surface area is 170 Å². The lowest BCUT2D eigenvalue weighted by atomic mass is 10.1. The molecule has 0 saturated heterocycles. The van der Waals surface area contributed by atoms with E-state index in [0.717, 1.165) is 16.9 Å². The summed E-state index contributed by atoms with van der Waals surface area (Å²) in [5, 5.41) is 5.92. The summed E-state index contributed by atoms with van der Waals surface area (Å²) in [6.45, 7) is 4.61. The third kappa shape index (κ3) is 5.65. The predicted octanol–water partition coefficient (Wildman–Crippen LogP) is 4.45. The van der Waals surface area contributed by atoms with E-state index in [2.05, 4.69) is 15.6 Å². The standard InChI is InChI=1S/C23H24N4O2/c1-3-27(16-18-7-5-4-6-8-18)23(29)19-13-14-24-22(15-19)26-21-11-9-20(10-12-21)25-17(2)28/h4-15H,3,16H2,1-2H3,(H,24,26)(H,25,28). The first-order valence-corrected chi connectivity index (χ1v) is 9.49. The van der Waals surface area contributed by atoms with Crippen molar-refractivity contribution in [1.82, 2.24) is 9.88 Å². The van der Waals surface area contributed by atoms with Crippen molar-refractivity contribution in [3.8, 4) is 0 Å². The SMILES string of the molecule is CCN(Cc1ccccc1)C(=O)c1ccnc(Nc2ccc(NC(C)=O)cc2)c1.